The SMILES string of the molecule is CC1CCC(C(C)C)C(C2OCC(O)CO2)C1. The predicted molar refractivity (Wildman–Crippen MR) is 66.5 cm³/mol. The maximum Gasteiger partial charge on any atom is 0.160 e. The summed E-state index contributed by atoms with van der Waals surface area (Å²) in [6.45, 7) is 7.78. The third-order valence-electron chi connectivity index (χ3n) is 4.33. The molecule has 2 aliphatic rings. The lowest BCUT2D eigenvalue weighted by Gasteiger charge is -2.42. The van der Waals surface area contributed by atoms with Gasteiger partial charge in [0.25, 0.3) is 0 Å². The molecule has 2 fully saturated rings. The molecule has 1 saturated heterocycles. The molecule has 1 heterocycles. The largest absolute Gasteiger partial charge is 0.388 e. The summed E-state index contributed by atoms with van der Waals surface area (Å²) in [7, 11) is 0. The summed E-state index contributed by atoms with van der Waals surface area (Å²) in [5.41, 5.74) is 0. The molecular weight excluding hydrogens is 216 g/mol. The predicted octanol–water partition coefficient (Wildman–Crippen LogP) is 2.43. The lowest BCUT2D eigenvalue weighted by Crippen LogP contribution is -2.44. The van der Waals surface area contributed by atoms with E-state index in [4.69, 9.17) is 9.47 Å². The minimum atomic E-state index is -0.440. The first kappa shape index (κ1) is 13.3. The van der Waals surface area contributed by atoms with Crippen molar-refractivity contribution in [3.05, 3.63) is 0 Å². The zero-order valence-corrected chi connectivity index (χ0v) is 11.3. The highest BCUT2D eigenvalue weighted by Gasteiger charge is 2.38. The van der Waals surface area contributed by atoms with Gasteiger partial charge in [-0.2, -0.15) is 0 Å². The van der Waals surface area contributed by atoms with Crippen LogP contribution in [0.5, 0.6) is 0 Å². The van der Waals surface area contributed by atoms with Crippen LogP contribution in [0, 0.1) is 23.7 Å². The summed E-state index contributed by atoms with van der Waals surface area (Å²) in [5, 5.41) is 9.40. The summed E-state index contributed by atoms with van der Waals surface area (Å²) < 4.78 is 11.4. The van der Waals surface area contributed by atoms with Crippen LogP contribution in [-0.4, -0.2) is 30.7 Å². The van der Waals surface area contributed by atoms with Crippen molar-refractivity contribution in [3.63, 3.8) is 0 Å². The molecule has 3 atom stereocenters. The van der Waals surface area contributed by atoms with E-state index in [-0.39, 0.29) is 6.29 Å². The van der Waals surface area contributed by atoms with Gasteiger partial charge in [-0.05, 0) is 30.6 Å². The topological polar surface area (TPSA) is 38.7 Å². The Morgan fingerprint density at radius 3 is 2.35 bits per heavy atom. The van der Waals surface area contributed by atoms with E-state index in [1.807, 2.05) is 0 Å². The van der Waals surface area contributed by atoms with Crippen molar-refractivity contribution in [2.24, 2.45) is 23.7 Å². The Labute approximate surface area is 104 Å². The highest BCUT2D eigenvalue weighted by molar-refractivity contribution is 4.83. The van der Waals surface area contributed by atoms with E-state index in [9.17, 15) is 5.11 Å². The van der Waals surface area contributed by atoms with Crippen molar-refractivity contribution in [3.8, 4) is 0 Å². The second kappa shape index (κ2) is 5.68. The molecule has 1 N–H and O–H groups in total. The van der Waals surface area contributed by atoms with Crippen LogP contribution in [0.1, 0.15) is 40.0 Å². The Bertz CT molecular complexity index is 234. The van der Waals surface area contributed by atoms with Crippen molar-refractivity contribution in [2.75, 3.05) is 13.2 Å². The van der Waals surface area contributed by atoms with Gasteiger partial charge in [0.2, 0.25) is 0 Å². The first-order chi connectivity index (χ1) is 8.08. The van der Waals surface area contributed by atoms with Gasteiger partial charge in [0.05, 0.1) is 13.2 Å². The molecule has 3 unspecified atom stereocenters. The smallest absolute Gasteiger partial charge is 0.160 e. The number of hydrogen-bond acceptors (Lipinski definition) is 3. The van der Waals surface area contributed by atoms with E-state index >= 15 is 0 Å². The average Bonchev–Trinajstić information content (AvgIpc) is 2.29. The van der Waals surface area contributed by atoms with Crippen molar-refractivity contribution < 1.29 is 14.6 Å². The van der Waals surface area contributed by atoms with Gasteiger partial charge in [0.15, 0.2) is 6.29 Å². The molecule has 3 nitrogen and oxygen atoms in total. The molecule has 1 aliphatic carbocycles. The zero-order chi connectivity index (χ0) is 12.4. The van der Waals surface area contributed by atoms with Gasteiger partial charge < -0.3 is 14.6 Å². The molecule has 1 aliphatic heterocycles. The van der Waals surface area contributed by atoms with Gasteiger partial charge in [-0.25, -0.2) is 0 Å². The number of aliphatic hydroxyl groups is 1. The molecular formula is C14H26O3. The van der Waals surface area contributed by atoms with Crippen LogP contribution in [0.2, 0.25) is 0 Å². The Balaban J connectivity index is 1.99. The van der Waals surface area contributed by atoms with Crippen LogP contribution in [0.15, 0.2) is 0 Å². The fourth-order valence-electron chi connectivity index (χ4n) is 3.34. The van der Waals surface area contributed by atoms with Gasteiger partial charge in [0.1, 0.15) is 6.10 Å². The minimum absolute atomic E-state index is 0.0893. The van der Waals surface area contributed by atoms with Crippen LogP contribution < -0.4 is 0 Å². The molecule has 0 aromatic rings. The molecule has 0 radical (unpaired) electrons. The molecule has 2 rings (SSSR count). The summed E-state index contributed by atoms with van der Waals surface area (Å²) >= 11 is 0. The maximum atomic E-state index is 9.40. The molecule has 0 amide bonds. The fraction of sp³-hybridized carbons (Fsp3) is 1.00. The van der Waals surface area contributed by atoms with Gasteiger partial charge in [-0.15, -0.1) is 0 Å². The van der Waals surface area contributed by atoms with E-state index in [2.05, 4.69) is 20.8 Å². The molecule has 0 aromatic heterocycles. The van der Waals surface area contributed by atoms with Crippen LogP contribution in [-0.2, 0) is 9.47 Å². The number of hydrogen-bond donors (Lipinski definition) is 1. The van der Waals surface area contributed by atoms with E-state index < -0.39 is 6.10 Å². The standard InChI is InChI=1S/C14H26O3/c1-9(2)12-5-4-10(3)6-13(12)14-16-7-11(15)8-17-14/h9-15H,4-8H2,1-3H3. The fourth-order valence-corrected chi connectivity index (χ4v) is 3.34. The molecule has 3 heteroatoms. The third kappa shape index (κ3) is 3.21. The van der Waals surface area contributed by atoms with Gasteiger partial charge in [-0.3, -0.25) is 0 Å². The van der Waals surface area contributed by atoms with Crippen molar-refractivity contribution in [1.82, 2.24) is 0 Å². The molecule has 0 aromatic carbocycles. The van der Waals surface area contributed by atoms with Crippen LogP contribution in [0.3, 0.4) is 0 Å². The first-order valence-corrected chi connectivity index (χ1v) is 6.99. The number of rotatable bonds is 2. The van der Waals surface area contributed by atoms with E-state index in [1.165, 1.54) is 19.3 Å². The van der Waals surface area contributed by atoms with Crippen molar-refractivity contribution >= 4 is 0 Å². The summed E-state index contributed by atoms with van der Waals surface area (Å²) in [4.78, 5) is 0. The third-order valence-corrected chi connectivity index (χ3v) is 4.33. The molecule has 0 spiro atoms. The molecule has 0 bridgehead atoms. The number of aliphatic hydroxyl groups excluding tert-OH is 1. The molecule has 100 valence electrons. The maximum absolute atomic E-state index is 9.40. The highest BCUT2D eigenvalue weighted by Crippen LogP contribution is 2.41. The summed E-state index contributed by atoms with van der Waals surface area (Å²) in [5.74, 6) is 2.67. The summed E-state index contributed by atoms with van der Waals surface area (Å²) in [6.07, 6.45) is 3.28. The normalized spacial score (nSPS) is 43.9. The summed E-state index contributed by atoms with van der Waals surface area (Å²) in [6, 6.07) is 0. The van der Waals surface area contributed by atoms with Gasteiger partial charge in [-0.1, -0.05) is 27.2 Å². The Morgan fingerprint density at radius 2 is 1.76 bits per heavy atom. The lowest BCUT2D eigenvalue weighted by atomic mass is 9.69. The quantitative estimate of drug-likeness (QED) is 0.808. The Hall–Kier alpha value is -0.120. The van der Waals surface area contributed by atoms with Gasteiger partial charge >= 0.3 is 0 Å². The molecule has 1 saturated carbocycles. The Morgan fingerprint density at radius 1 is 1.12 bits per heavy atom. The lowest BCUT2D eigenvalue weighted by molar-refractivity contribution is -0.251. The average molecular weight is 242 g/mol. The van der Waals surface area contributed by atoms with Gasteiger partial charge in [0, 0.05) is 5.92 Å². The second-order valence-electron chi connectivity index (χ2n) is 6.18. The Kier molecular flexibility index (Phi) is 4.45. The van der Waals surface area contributed by atoms with Crippen LogP contribution >= 0.6 is 0 Å². The van der Waals surface area contributed by atoms with E-state index in [1.54, 1.807) is 0 Å². The second-order valence-corrected chi connectivity index (χ2v) is 6.18. The zero-order valence-electron chi connectivity index (χ0n) is 11.3. The number of ether oxygens (including phenoxy) is 2. The molecule has 17 heavy (non-hydrogen) atoms. The van der Waals surface area contributed by atoms with Crippen molar-refractivity contribution in [2.45, 2.75) is 52.4 Å². The van der Waals surface area contributed by atoms with Crippen LogP contribution in [0.25, 0.3) is 0 Å². The van der Waals surface area contributed by atoms with Crippen molar-refractivity contribution in [1.29, 1.82) is 0 Å². The van der Waals surface area contributed by atoms with E-state index in [0.29, 0.717) is 31.0 Å². The first-order valence-electron chi connectivity index (χ1n) is 6.99. The minimum Gasteiger partial charge on any atom is -0.388 e. The van der Waals surface area contributed by atoms with E-state index in [0.717, 1.165) is 5.92 Å². The van der Waals surface area contributed by atoms with Crippen LogP contribution in [0.4, 0.5) is 0 Å². The monoisotopic (exact) mass is 242 g/mol. The highest BCUT2D eigenvalue weighted by atomic mass is 16.7.